The number of nitrogens with zero attached hydrogens (tertiary/aromatic N) is 2. The van der Waals surface area contributed by atoms with Crippen LogP contribution in [0.1, 0.15) is 4.88 Å². The molecule has 2 heterocycles. The largest absolute Gasteiger partial charge is 0.351 e. The quantitative estimate of drug-likeness (QED) is 0.754. The van der Waals surface area contributed by atoms with E-state index in [1.54, 1.807) is 0 Å². The molecular weight excluding hydrogens is 328 g/mol. The lowest BCUT2D eigenvalue weighted by Gasteiger charge is -2.06. The summed E-state index contributed by atoms with van der Waals surface area (Å²) in [6.45, 7) is 1.60. The lowest BCUT2D eigenvalue weighted by molar-refractivity contribution is -0.120. The van der Waals surface area contributed by atoms with Gasteiger partial charge in [0, 0.05) is 10.4 Å². The zero-order valence-electron chi connectivity index (χ0n) is 12.8. The van der Waals surface area contributed by atoms with Crippen molar-refractivity contribution >= 4 is 33.5 Å². The Kier molecular flexibility index (Phi) is 4.13. The van der Waals surface area contributed by atoms with Crippen LogP contribution in [0.3, 0.4) is 0 Å². The number of aromatic nitrogens is 2. The molecule has 3 amide bonds. The number of urea groups is 1. The number of benzene rings is 1. The number of nitrogens with two attached hydrogens (primary N) is 1. The number of carbonyl (C=O) groups is 2. The zero-order chi connectivity index (χ0) is 17.3. The highest BCUT2D eigenvalue weighted by Gasteiger charge is 2.17. The minimum Gasteiger partial charge on any atom is -0.351 e. The fourth-order valence-corrected chi connectivity index (χ4v) is 3.54. The lowest BCUT2D eigenvalue weighted by Crippen LogP contribution is -2.39. The van der Waals surface area contributed by atoms with E-state index in [4.69, 9.17) is 5.73 Å². The third-order valence-electron chi connectivity index (χ3n) is 3.49. The van der Waals surface area contributed by atoms with Gasteiger partial charge in [-0.1, -0.05) is 30.3 Å². The van der Waals surface area contributed by atoms with Crippen LogP contribution in [0.4, 0.5) is 4.79 Å². The van der Waals surface area contributed by atoms with Gasteiger partial charge in [-0.2, -0.15) is 0 Å². The lowest BCUT2D eigenvalue weighted by atomic mass is 10.0. The van der Waals surface area contributed by atoms with Gasteiger partial charge in [-0.15, -0.1) is 11.3 Å². The fraction of sp³-hybridized carbons (Fsp3) is 0.125. The van der Waals surface area contributed by atoms with E-state index in [0.717, 1.165) is 16.0 Å². The summed E-state index contributed by atoms with van der Waals surface area (Å²) in [7, 11) is 0. The van der Waals surface area contributed by atoms with Gasteiger partial charge in [0.05, 0.1) is 11.7 Å². The van der Waals surface area contributed by atoms with Crippen molar-refractivity contribution in [2.75, 3.05) is 0 Å². The monoisotopic (exact) mass is 342 g/mol. The summed E-state index contributed by atoms with van der Waals surface area (Å²) in [5.74, 6) is -0.668. The van der Waals surface area contributed by atoms with Crippen LogP contribution < -0.4 is 16.6 Å². The molecule has 3 rings (SSSR count). The summed E-state index contributed by atoms with van der Waals surface area (Å²) < 4.78 is 1.17. The Morgan fingerprint density at radius 2 is 2.00 bits per heavy atom. The molecule has 0 saturated carbocycles. The Labute approximate surface area is 140 Å². The molecule has 0 aliphatic carbocycles. The Hall–Kier alpha value is -3.00. The van der Waals surface area contributed by atoms with Gasteiger partial charge in [0.1, 0.15) is 11.4 Å². The molecule has 0 fully saturated rings. The average Bonchev–Trinajstić information content (AvgIpc) is 2.87. The number of imide groups is 1. The number of hydrogen-bond acceptors (Lipinski definition) is 5. The van der Waals surface area contributed by atoms with E-state index in [1.807, 2.05) is 42.6 Å². The van der Waals surface area contributed by atoms with Gasteiger partial charge in [-0.3, -0.25) is 19.5 Å². The molecule has 3 N–H and O–H groups in total. The van der Waals surface area contributed by atoms with Crippen LogP contribution in [0.25, 0.3) is 21.3 Å². The third kappa shape index (κ3) is 2.91. The predicted octanol–water partition coefficient (Wildman–Crippen LogP) is 1.63. The molecule has 3 aromatic rings. The molecule has 0 bridgehead atoms. The van der Waals surface area contributed by atoms with Gasteiger partial charge in [0.25, 0.3) is 5.56 Å². The van der Waals surface area contributed by atoms with Crippen LogP contribution in [0, 0.1) is 6.92 Å². The number of rotatable bonds is 3. The smallest absolute Gasteiger partial charge is 0.318 e. The van der Waals surface area contributed by atoms with Gasteiger partial charge in [0.2, 0.25) is 5.91 Å². The summed E-state index contributed by atoms with van der Waals surface area (Å²) in [5.41, 5.74) is 6.31. The molecule has 0 saturated heterocycles. The van der Waals surface area contributed by atoms with Crippen LogP contribution in [-0.4, -0.2) is 21.5 Å². The van der Waals surface area contributed by atoms with E-state index in [1.165, 1.54) is 22.2 Å². The van der Waals surface area contributed by atoms with E-state index < -0.39 is 11.9 Å². The molecule has 1 aromatic carbocycles. The minimum absolute atomic E-state index is 0.326. The Morgan fingerprint density at radius 3 is 2.67 bits per heavy atom. The Balaban J connectivity index is 2.13. The second-order valence-electron chi connectivity index (χ2n) is 5.17. The third-order valence-corrected chi connectivity index (χ3v) is 4.51. The van der Waals surface area contributed by atoms with E-state index in [0.29, 0.717) is 10.2 Å². The SMILES string of the molecule is Cc1sc2ncn(CC(=O)NC(N)=O)c(=O)c2c1-c1ccccc1. The first-order chi connectivity index (χ1) is 11.5. The molecule has 0 spiro atoms. The van der Waals surface area contributed by atoms with Crippen LogP contribution in [0.2, 0.25) is 0 Å². The molecule has 0 unspecified atom stereocenters. The number of aryl methyl sites for hydroxylation is 1. The van der Waals surface area contributed by atoms with Crippen molar-refractivity contribution in [3.8, 4) is 11.1 Å². The molecule has 0 aliphatic heterocycles. The van der Waals surface area contributed by atoms with Crippen molar-refractivity contribution in [1.82, 2.24) is 14.9 Å². The molecule has 24 heavy (non-hydrogen) atoms. The second-order valence-corrected chi connectivity index (χ2v) is 6.37. The molecule has 7 nitrogen and oxygen atoms in total. The van der Waals surface area contributed by atoms with Crippen LogP contribution >= 0.6 is 11.3 Å². The van der Waals surface area contributed by atoms with Crippen molar-refractivity contribution < 1.29 is 9.59 Å². The van der Waals surface area contributed by atoms with E-state index in [2.05, 4.69) is 4.98 Å². The molecule has 2 aromatic heterocycles. The fourth-order valence-electron chi connectivity index (χ4n) is 2.53. The maximum Gasteiger partial charge on any atom is 0.318 e. The highest BCUT2D eigenvalue weighted by Crippen LogP contribution is 2.35. The van der Waals surface area contributed by atoms with Gasteiger partial charge < -0.3 is 5.73 Å². The van der Waals surface area contributed by atoms with Crippen molar-refractivity contribution in [2.24, 2.45) is 5.73 Å². The van der Waals surface area contributed by atoms with Crippen molar-refractivity contribution in [2.45, 2.75) is 13.5 Å². The number of hydrogen-bond donors (Lipinski definition) is 2. The van der Waals surface area contributed by atoms with Gasteiger partial charge in [-0.05, 0) is 12.5 Å². The topological polar surface area (TPSA) is 107 Å². The Morgan fingerprint density at radius 1 is 1.29 bits per heavy atom. The first-order valence-corrected chi connectivity index (χ1v) is 7.92. The Bertz CT molecular complexity index is 992. The summed E-state index contributed by atoms with van der Waals surface area (Å²) >= 11 is 1.43. The van der Waals surface area contributed by atoms with Crippen molar-refractivity contribution in [3.05, 3.63) is 51.9 Å². The van der Waals surface area contributed by atoms with Crippen molar-refractivity contribution in [3.63, 3.8) is 0 Å². The number of carbonyl (C=O) groups excluding carboxylic acids is 2. The molecular formula is C16H14N4O3S. The first kappa shape index (κ1) is 15.9. The predicted molar refractivity (Wildman–Crippen MR) is 91.8 cm³/mol. The molecule has 0 radical (unpaired) electrons. The van der Waals surface area contributed by atoms with E-state index in [9.17, 15) is 14.4 Å². The average molecular weight is 342 g/mol. The normalized spacial score (nSPS) is 10.7. The summed E-state index contributed by atoms with van der Waals surface area (Å²) in [5, 5.41) is 2.40. The molecule has 0 aliphatic rings. The number of amides is 3. The number of nitrogens with one attached hydrogen (secondary N) is 1. The van der Waals surface area contributed by atoms with Gasteiger partial charge >= 0.3 is 6.03 Å². The number of thiophene rings is 1. The minimum atomic E-state index is -0.960. The van der Waals surface area contributed by atoms with Crippen LogP contribution in [-0.2, 0) is 11.3 Å². The maximum atomic E-state index is 12.8. The van der Waals surface area contributed by atoms with E-state index >= 15 is 0 Å². The molecule has 8 heteroatoms. The molecule has 122 valence electrons. The standard InChI is InChI=1S/C16H14N4O3S/c1-9-12(10-5-3-2-4-6-10)13-14(24-9)18-8-20(15(13)22)7-11(21)19-16(17)23/h2-6,8H,7H2,1H3,(H3,17,19,21,23). The van der Waals surface area contributed by atoms with Crippen LogP contribution in [0.5, 0.6) is 0 Å². The molecule has 0 atom stereocenters. The highest BCUT2D eigenvalue weighted by atomic mass is 32.1. The summed E-state index contributed by atoms with van der Waals surface area (Å²) in [6.07, 6.45) is 1.30. The summed E-state index contributed by atoms with van der Waals surface area (Å²) in [4.78, 5) is 41.0. The van der Waals surface area contributed by atoms with Crippen LogP contribution in [0.15, 0.2) is 41.5 Å². The maximum absolute atomic E-state index is 12.8. The summed E-state index contributed by atoms with van der Waals surface area (Å²) in [6, 6.07) is 8.58. The van der Waals surface area contributed by atoms with Crippen molar-refractivity contribution in [1.29, 1.82) is 0 Å². The number of fused-ring (bicyclic) bond motifs is 1. The first-order valence-electron chi connectivity index (χ1n) is 7.10. The van der Waals surface area contributed by atoms with Gasteiger partial charge in [-0.25, -0.2) is 9.78 Å². The van der Waals surface area contributed by atoms with Gasteiger partial charge in [0.15, 0.2) is 0 Å². The van der Waals surface area contributed by atoms with E-state index in [-0.39, 0.29) is 12.1 Å². The second kappa shape index (κ2) is 6.25. The highest BCUT2D eigenvalue weighted by molar-refractivity contribution is 7.19. The zero-order valence-corrected chi connectivity index (χ0v) is 13.6. The number of primary amides is 1.